The van der Waals surface area contributed by atoms with E-state index in [2.05, 4.69) is 11.1 Å². The van der Waals surface area contributed by atoms with Gasteiger partial charge in [-0.3, -0.25) is 9.18 Å². The molecule has 0 saturated heterocycles. The first-order chi connectivity index (χ1) is 12.9. The van der Waals surface area contributed by atoms with Gasteiger partial charge in [0, 0.05) is 39.2 Å². The van der Waals surface area contributed by atoms with Crippen LogP contribution in [0.1, 0.15) is 5.56 Å². The smallest absolute Gasteiger partial charge is 0.454 e. The number of hydrogen-bond acceptors (Lipinski definition) is 4. The molecular formula is C17H11F7NO3Pt-. The van der Waals surface area contributed by atoms with Crippen molar-refractivity contribution < 1.29 is 66.8 Å². The molecule has 0 fully saturated rings. The molecule has 29 heavy (non-hydrogen) atoms. The third-order valence-corrected chi connectivity index (χ3v) is 2.91. The van der Waals surface area contributed by atoms with E-state index in [-0.39, 0.29) is 33.5 Å². The van der Waals surface area contributed by atoms with E-state index in [0.29, 0.717) is 16.8 Å². The number of alkyl halides is 6. The number of rotatable bonds is 3. The quantitative estimate of drug-likeness (QED) is 0.237. The maximum atomic E-state index is 13.4. The number of carbonyl (C=O) groups is 1. The number of aliphatic hydroxyl groups is 2. The fourth-order valence-electron chi connectivity index (χ4n) is 1.61. The standard InChI is InChI=1S/C12H9FNO.C5H2F6O2.Pt/c13-11-4-2-1-3-10(11)12-7-9(8-15)5-6-14-12;6-4(7,8)2(12)1-3(13)5(9,10)11;/h1-2,4-7,15H,8H2;1,12H;/q-1;;/b;2-1-;. The molecule has 0 aliphatic rings. The summed E-state index contributed by atoms with van der Waals surface area (Å²) < 4.78 is 81.4. The van der Waals surface area contributed by atoms with Gasteiger partial charge >= 0.3 is 12.4 Å². The zero-order valence-electron chi connectivity index (χ0n) is 14.0. The molecule has 2 rings (SSSR count). The van der Waals surface area contributed by atoms with Gasteiger partial charge < -0.3 is 15.2 Å². The molecule has 162 valence electrons. The van der Waals surface area contributed by atoms with E-state index >= 15 is 0 Å². The minimum Gasteiger partial charge on any atom is -0.504 e. The zero-order chi connectivity index (χ0) is 21.5. The maximum Gasteiger partial charge on any atom is 0.454 e. The van der Waals surface area contributed by atoms with Gasteiger partial charge in [0.1, 0.15) is 0 Å². The topological polar surface area (TPSA) is 70.4 Å². The second-order valence-electron chi connectivity index (χ2n) is 4.99. The van der Waals surface area contributed by atoms with Gasteiger partial charge in [-0.25, -0.2) is 0 Å². The molecule has 0 radical (unpaired) electrons. The van der Waals surface area contributed by atoms with Crippen LogP contribution >= 0.6 is 0 Å². The second-order valence-corrected chi connectivity index (χ2v) is 4.99. The molecule has 1 heterocycles. The van der Waals surface area contributed by atoms with E-state index in [0.717, 1.165) is 0 Å². The van der Waals surface area contributed by atoms with Crippen molar-refractivity contribution in [2.45, 2.75) is 19.0 Å². The minimum absolute atomic E-state index is 0. The van der Waals surface area contributed by atoms with Crippen molar-refractivity contribution in [3.8, 4) is 11.3 Å². The average Bonchev–Trinajstić information content (AvgIpc) is 2.61. The number of hydrogen-bond donors (Lipinski definition) is 2. The summed E-state index contributed by atoms with van der Waals surface area (Å²) in [5.41, 5.74) is 1.52. The van der Waals surface area contributed by atoms with Crippen molar-refractivity contribution >= 4 is 5.78 Å². The van der Waals surface area contributed by atoms with Crippen molar-refractivity contribution in [2.75, 3.05) is 0 Å². The van der Waals surface area contributed by atoms with Crippen molar-refractivity contribution in [3.05, 3.63) is 65.8 Å². The summed E-state index contributed by atoms with van der Waals surface area (Å²) in [6, 6.07) is 10.7. The van der Waals surface area contributed by atoms with Gasteiger partial charge in [0.2, 0.25) is 5.76 Å². The summed E-state index contributed by atoms with van der Waals surface area (Å²) in [7, 11) is 0. The molecule has 0 spiro atoms. The van der Waals surface area contributed by atoms with E-state index in [1.165, 1.54) is 6.07 Å². The molecule has 1 aromatic carbocycles. The summed E-state index contributed by atoms with van der Waals surface area (Å²) in [5, 5.41) is 16.9. The molecule has 0 aliphatic carbocycles. The third-order valence-electron chi connectivity index (χ3n) is 2.91. The predicted molar refractivity (Wildman–Crippen MR) is 82.2 cm³/mol. The Kier molecular flexibility index (Phi) is 10.2. The van der Waals surface area contributed by atoms with Crippen molar-refractivity contribution in [3.63, 3.8) is 0 Å². The summed E-state index contributed by atoms with van der Waals surface area (Å²) in [5.74, 6) is -5.70. The fraction of sp³-hybridized carbons (Fsp3) is 0.176. The van der Waals surface area contributed by atoms with Crippen LogP contribution in [0.5, 0.6) is 0 Å². The summed E-state index contributed by atoms with van der Waals surface area (Å²) in [6.07, 6.45) is -10.1. The molecule has 2 aromatic rings. The number of nitrogens with zero attached hydrogens (tertiary/aromatic N) is 1. The van der Waals surface area contributed by atoms with E-state index in [9.17, 15) is 35.5 Å². The van der Waals surface area contributed by atoms with Crippen molar-refractivity contribution in [1.29, 1.82) is 0 Å². The normalized spacial score (nSPS) is 11.8. The minimum atomic E-state index is -5.42. The number of ketones is 1. The largest absolute Gasteiger partial charge is 0.504 e. The molecular weight excluding hydrogens is 594 g/mol. The monoisotopic (exact) mass is 605 g/mol. The Labute approximate surface area is 174 Å². The van der Waals surface area contributed by atoms with Gasteiger partial charge in [-0.2, -0.15) is 26.3 Å². The SMILES string of the molecule is O=C(/C=C(\O)C(F)(F)F)C(F)(F)F.OCc1ccnc(-c2[c-]cccc2F)c1.[Pt]. The van der Waals surface area contributed by atoms with Gasteiger partial charge in [0.05, 0.1) is 6.61 Å². The van der Waals surface area contributed by atoms with E-state index in [1.807, 2.05) is 0 Å². The molecule has 4 nitrogen and oxygen atoms in total. The average molecular weight is 605 g/mol. The van der Waals surface area contributed by atoms with Crippen molar-refractivity contribution in [1.82, 2.24) is 4.98 Å². The Hall–Kier alpha value is -2.26. The van der Waals surface area contributed by atoms with Gasteiger partial charge in [-0.05, 0) is 17.3 Å². The van der Waals surface area contributed by atoms with Crippen LogP contribution < -0.4 is 0 Å². The molecule has 0 unspecified atom stereocenters. The molecule has 0 bridgehead atoms. The molecule has 12 heteroatoms. The Morgan fingerprint density at radius 1 is 1.14 bits per heavy atom. The fourth-order valence-corrected chi connectivity index (χ4v) is 1.61. The molecule has 0 aliphatic heterocycles. The number of aliphatic hydroxyl groups excluding tert-OH is 2. The van der Waals surface area contributed by atoms with E-state index in [4.69, 9.17) is 10.2 Å². The van der Waals surface area contributed by atoms with Gasteiger partial charge in [-0.15, -0.1) is 24.3 Å². The van der Waals surface area contributed by atoms with Gasteiger partial charge in [-0.1, -0.05) is 11.6 Å². The number of benzene rings is 1. The Morgan fingerprint density at radius 3 is 2.24 bits per heavy atom. The van der Waals surface area contributed by atoms with Crippen LogP contribution in [0.15, 0.2) is 48.4 Å². The number of halogens is 7. The Bertz CT molecular complexity index is 851. The van der Waals surface area contributed by atoms with Crippen LogP contribution in [0.4, 0.5) is 30.7 Å². The zero-order valence-corrected chi connectivity index (χ0v) is 16.2. The molecule has 2 N–H and O–H groups in total. The third kappa shape index (κ3) is 8.74. The van der Waals surface area contributed by atoms with Crippen LogP contribution in [0, 0.1) is 11.9 Å². The van der Waals surface area contributed by atoms with Crippen LogP contribution in [0.2, 0.25) is 0 Å². The van der Waals surface area contributed by atoms with E-state index in [1.54, 1.807) is 30.5 Å². The number of pyridine rings is 1. The summed E-state index contributed by atoms with van der Waals surface area (Å²) in [4.78, 5) is 13.9. The Balaban J connectivity index is 0.000000530. The molecule has 0 amide bonds. The van der Waals surface area contributed by atoms with Crippen LogP contribution in [-0.4, -0.2) is 33.3 Å². The van der Waals surface area contributed by atoms with Gasteiger partial charge in [0.15, 0.2) is 0 Å². The second kappa shape index (κ2) is 11.1. The first-order valence-corrected chi connectivity index (χ1v) is 7.17. The molecule has 0 atom stereocenters. The van der Waals surface area contributed by atoms with Crippen LogP contribution in [0.25, 0.3) is 11.3 Å². The summed E-state index contributed by atoms with van der Waals surface area (Å²) >= 11 is 0. The summed E-state index contributed by atoms with van der Waals surface area (Å²) in [6.45, 7) is -0.0794. The Morgan fingerprint density at radius 2 is 1.76 bits per heavy atom. The van der Waals surface area contributed by atoms with Crippen molar-refractivity contribution in [2.24, 2.45) is 0 Å². The first-order valence-electron chi connectivity index (χ1n) is 7.17. The molecule has 1 aromatic heterocycles. The number of aromatic nitrogens is 1. The van der Waals surface area contributed by atoms with Gasteiger partial charge in [0.25, 0.3) is 5.78 Å². The van der Waals surface area contributed by atoms with Crippen LogP contribution in [-0.2, 0) is 32.5 Å². The molecule has 0 saturated carbocycles. The first kappa shape index (κ1) is 26.7. The number of allylic oxidation sites excluding steroid dienone is 2. The maximum absolute atomic E-state index is 13.4. The van der Waals surface area contributed by atoms with E-state index < -0.39 is 30.0 Å². The predicted octanol–water partition coefficient (Wildman–Crippen LogP) is 4.30. The number of carbonyl (C=O) groups excluding carboxylic acids is 1. The van der Waals surface area contributed by atoms with Crippen LogP contribution in [0.3, 0.4) is 0 Å².